The zero-order chi connectivity index (χ0) is 18.7. The molecule has 2 heterocycles. The van der Waals surface area contributed by atoms with Gasteiger partial charge in [-0.05, 0) is 31.0 Å². The van der Waals surface area contributed by atoms with Gasteiger partial charge in [-0.1, -0.05) is 11.6 Å². The number of nitrogen functional groups attached to an aromatic ring is 1. The van der Waals surface area contributed by atoms with E-state index in [0.717, 1.165) is 25.5 Å². The highest BCUT2D eigenvalue weighted by Gasteiger charge is 2.33. The SMILES string of the molecule is Nc1c(NCC2CCCO2)ncnc1Nc1ccc(Cl)c(C(F)(F)F)c1. The number of alkyl halides is 3. The molecule has 3 rings (SSSR count). The third-order valence-corrected chi connectivity index (χ3v) is 4.27. The van der Waals surface area contributed by atoms with Crippen LogP contribution in [-0.4, -0.2) is 29.2 Å². The van der Waals surface area contributed by atoms with Gasteiger partial charge in [0.1, 0.15) is 12.0 Å². The number of anilines is 4. The molecule has 1 saturated heterocycles. The largest absolute Gasteiger partial charge is 0.417 e. The van der Waals surface area contributed by atoms with E-state index < -0.39 is 11.7 Å². The van der Waals surface area contributed by atoms with Gasteiger partial charge in [0.25, 0.3) is 0 Å². The second-order valence-corrected chi connectivity index (χ2v) is 6.23. The maximum absolute atomic E-state index is 13.0. The monoisotopic (exact) mass is 387 g/mol. The fourth-order valence-corrected chi connectivity index (χ4v) is 2.83. The summed E-state index contributed by atoms with van der Waals surface area (Å²) in [4.78, 5) is 8.06. The Labute approximate surface area is 152 Å². The van der Waals surface area contributed by atoms with Gasteiger partial charge in [0, 0.05) is 18.8 Å². The van der Waals surface area contributed by atoms with Crippen LogP contribution in [0.4, 0.5) is 36.2 Å². The van der Waals surface area contributed by atoms with Gasteiger partial charge in [-0.25, -0.2) is 9.97 Å². The molecule has 0 spiro atoms. The number of nitrogens with zero attached hydrogens (tertiary/aromatic N) is 2. The molecule has 1 atom stereocenters. The van der Waals surface area contributed by atoms with E-state index in [-0.39, 0.29) is 28.3 Å². The van der Waals surface area contributed by atoms with Crippen molar-refractivity contribution in [2.24, 2.45) is 0 Å². The number of hydrogen-bond donors (Lipinski definition) is 3. The van der Waals surface area contributed by atoms with E-state index in [2.05, 4.69) is 20.6 Å². The molecule has 0 radical (unpaired) electrons. The number of nitrogens with one attached hydrogen (secondary N) is 2. The summed E-state index contributed by atoms with van der Waals surface area (Å²) >= 11 is 5.62. The summed E-state index contributed by atoms with van der Waals surface area (Å²) in [5, 5.41) is 5.48. The van der Waals surface area contributed by atoms with E-state index in [4.69, 9.17) is 22.1 Å². The summed E-state index contributed by atoms with van der Waals surface area (Å²) in [6.07, 6.45) is -1.23. The first kappa shape index (κ1) is 18.5. The molecule has 1 fully saturated rings. The van der Waals surface area contributed by atoms with Crippen LogP contribution in [0.2, 0.25) is 5.02 Å². The summed E-state index contributed by atoms with van der Waals surface area (Å²) in [6, 6.07) is 3.49. The molecule has 0 aliphatic carbocycles. The van der Waals surface area contributed by atoms with E-state index in [1.165, 1.54) is 18.5 Å². The van der Waals surface area contributed by atoms with Crippen LogP contribution in [0.5, 0.6) is 0 Å². The lowest BCUT2D eigenvalue weighted by molar-refractivity contribution is -0.137. The van der Waals surface area contributed by atoms with Crippen molar-refractivity contribution in [2.45, 2.75) is 25.1 Å². The second kappa shape index (κ2) is 7.55. The molecular weight excluding hydrogens is 371 g/mol. The van der Waals surface area contributed by atoms with E-state index in [0.29, 0.717) is 12.4 Å². The molecule has 26 heavy (non-hydrogen) atoms. The topological polar surface area (TPSA) is 85.1 Å². The third-order valence-electron chi connectivity index (χ3n) is 3.94. The van der Waals surface area contributed by atoms with Crippen LogP contribution in [0.15, 0.2) is 24.5 Å². The lowest BCUT2D eigenvalue weighted by atomic mass is 10.2. The van der Waals surface area contributed by atoms with Crippen molar-refractivity contribution < 1.29 is 17.9 Å². The molecule has 1 unspecified atom stereocenters. The number of halogens is 4. The van der Waals surface area contributed by atoms with Crippen LogP contribution in [0.25, 0.3) is 0 Å². The Hall–Kier alpha value is -2.26. The van der Waals surface area contributed by atoms with E-state index in [1.807, 2.05) is 0 Å². The van der Waals surface area contributed by atoms with Gasteiger partial charge >= 0.3 is 6.18 Å². The number of benzene rings is 1. The Balaban J connectivity index is 1.76. The number of nitrogens with two attached hydrogens (primary N) is 1. The zero-order valence-electron chi connectivity index (χ0n) is 13.6. The highest BCUT2D eigenvalue weighted by Crippen LogP contribution is 2.37. The summed E-state index contributed by atoms with van der Waals surface area (Å²) in [5.41, 5.74) is 5.46. The number of aromatic nitrogens is 2. The maximum Gasteiger partial charge on any atom is 0.417 e. The van der Waals surface area contributed by atoms with Gasteiger partial charge < -0.3 is 21.1 Å². The molecular formula is C16H17ClF3N5O. The summed E-state index contributed by atoms with van der Waals surface area (Å²) in [5.74, 6) is 0.591. The lowest BCUT2D eigenvalue weighted by Crippen LogP contribution is -2.20. The Morgan fingerprint density at radius 3 is 2.73 bits per heavy atom. The third kappa shape index (κ3) is 4.28. The van der Waals surface area contributed by atoms with Crippen LogP contribution in [0, 0.1) is 0 Å². The van der Waals surface area contributed by atoms with Gasteiger partial charge in [0.2, 0.25) is 0 Å². The quantitative estimate of drug-likeness (QED) is 0.717. The number of ether oxygens (including phenoxy) is 1. The first-order chi connectivity index (χ1) is 12.3. The van der Waals surface area contributed by atoms with Crippen LogP contribution in [0.3, 0.4) is 0 Å². The molecule has 1 aliphatic rings. The predicted octanol–water partition coefficient (Wildman–Crippen LogP) is 4.07. The van der Waals surface area contributed by atoms with Crippen molar-refractivity contribution in [3.8, 4) is 0 Å². The van der Waals surface area contributed by atoms with Crippen molar-refractivity contribution in [3.05, 3.63) is 35.1 Å². The molecule has 1 aromatic carbocycles. The first-order valence-electron chi connectivity index (χ1n) is 7.94. The molecule has 1 aliphatic heterocycles. The molecule has 4 N–H and O–H groups in total. The van der Waals surface area contributed by atoms with Crippen LogP contribution in [-0.2, 0) is 10.9 Å². The highest BCUT2D eigenvalue weighted by atomic mass is 35.5. The molecule has 10 heteroatoms. The minimum Gasteiger partial charge on any atom is -0.393 e. The van der Waals surface area contributed by atoms with Crippen molar-refractivity contribution in [1.82, 2.24) is 9.97 Å². The lowest BCUT2D eigenvalue weighted by Gasteiger charge is -2.16. The number of hydrogen-bond acceptors (Lipinski definition) is 6. The Bertz CT molecular complexity index is 781. The van der Waals surface area contributed by atoms with Crippen molar-refractivity contribution in [2.75, 3.05) is 29.5 Å². The van der Waals surface area contributed by atoms with Gasteiger partial charge in [0.05, 0.1) is 16.7 Å². The first-order valence-corrected chi connectivity index (χ1v) is 8.32. The fraction of sp³-hybridized carbons (Fsp3) is 0.375. The Morgan fingerprint density at radius 1 is 1.27 bits per heavy atom. The minimum atomic E-state index is -4.56. The predicted molar refractivity (Wildman–Crippen MR) is 93.6 cm³/mol. The van der Waals surface area contributed by atoms with Crippen molar-refractivity contribution in [1.29, 1.82) is 0 Å². The average molecular weight is 388 g/mol. The van der Waals surface area contributed by atoms with Gasteiger partial charge in [0.15, 0.2) is 11.6 Å². The summed E-state index contributed by atoms with van der Waals surface area (Å²) < 4.78 is 44.4. The smallest absolute Gasteiger partial charge is 0.393 e. The average Bonchev–Trinajstić information content (AvgIpc) is 3.10. The standard InChI is InChI=1S/C16H17ClF3N5O/c17-12-4-3-9(6-11(12)16(18,19)20)25-15-13(21)14(23-8-24-15)22-7-10-2-1-5-26-10/h3-4,6,8,10H,1-2,5,7,21H2,(H2,22,23,24,25). The van der Waals surface area contributed by atoms with Crippen LogP contribution >= 0.6 is 11.6 Å². The molecule has 0 bridgehead atoms. The Kier molecular flexibility index (Phi) is 5.38. The highest BCUT2D eigenvalue weighted by molar-refractivity contribution is 6.31. The molecule has 0 saturated carbocycles. The number of rotatable bonds is 5. The van der Waals surface area contributed by atoms with E-state index in [1.54, 1.807) is 0 Å². The minimum absolute atomic E-state index is 0.0892. The zero-order valence-corrected chi connectivity index (χ0v) is 14.4. The van der Waals surface area contributed by atoms with Gasteiger partial charge in [-0.15, -0.1) is 0 Å². The van der Waals surface area contributed by atoms with E-state index in [9.17, 15) is 13.2 Å². The molecule has 1 aromatic heterocycles. The maximum atomic E-state index is 13.0. The van der Waals surface area contributed by atoms with E-state index >= 15 is 0 Å². The molecule has 140 valence electrons. The van der Waals surface area contributed by atoms with Crippen molar-refractivity contribution >= 4 is 34.6 Å². The fourth-order valence-electron chi connectivity index (χ4n) is 2.61. The molecule has 6 nitrogen and oxygen atoms in total. The van der Waals surface area contributed by atoms with Crippen LogP contribution in [0.1, 0.15) is 18.4 Å². The Morgan fingerprint density at radius 2 is 2.04 bits per heavy atom. The summed E-state index contributed by atoms with van der Waals surface area (Å²) in [7, 11) is 0. The molecule has 2 aromatic rings. The van der Waals surface area contributed by atoms with Crippen LogP contribution < -0.4 is 16.4 Å². The van der Waals surface area contributed by atoms with Crippen molar-refractivity contribution in [3.63, 3.8) is 0 Å². The summed E-state index contributed by atoms with van der Waals surface area (Å²) in [6.45, 7) is 1.27. The second-order valence-electron chi connectivity index (χ2n) is 5.82. The molecule has 0 amide bonds. The van der Waals surface area contributed by atoms with Gasteiger partial charge in [-0.3, -0.25) is 0 Å². The van der Waals surface area contributed by atoms with Gasteiger partial charge in [-0.2, -0.15) is 13.2 Å². The normalized spacial score (nSPS) is 17.3.